The SMILES string of the molecule is O=c1[nH]cnc(C(F)(F)F)c1C(O)C(O)CCBr. The van der Waals surface area contributed by atoms with Crippen molar-refractivity contribution >= 4 is 15.9 Å². The zero-order valence-corrected chi connectivity index (χ0v) is 10.5. The maximum absolute atomic E-state index is 12.6. The number of nitrogens with zero attached hydrogens (tertiary/aromatic N) is 1. The molecule has 0 radical (unpaired) electrons. The molecule has 9 heteroatoms. The maximum atomic E-state index is 12.6. The van der Waals surface area contributed by atoms with Crippen molar-refractivity contribution in [2.75, 3.05) is 5.33 Å². The molecule has 0 saturated carbocycles. The molecule has 1 aromatic rings. The highest BCUT2D eigenvalue weighted by Crippen LogP contribution is 2.32. The summed E-state index contributed by atoms with van der Waals surface area (Å²) in [7, 11) is 0. The zero-order valence-electron chi connectivity index (χ0n) is 8.91. The molecule has 102 valence electrons. The Kier molecular flexibility index (Phi) is 4.88. The average Bonchev–Trinajstić information content (AvgIpc) is 2.27. The first kappa shape index (κ1) is 15.1. The zero-order chi connectivity index (χ0) is 13.9. The summed E-state index contributed by atoms with van der Waals surface area (Å²) in [5.74, 6) is 0. The Morgan fingerprint density at radius 2 is 2.06 bits per heavy atom. The molecule has 0 aliphatic rings. The molecule has 3 N–H and O–H groups in total. The lowest BCUT2D eigenvalue weighted by Gasteiger charge is -2.19. The molecule has 2 unspecified atom stereocenters. The van der Waals surface area contributed by atoms with E-state index in [0.717, 1.165) is 0 Å². The van der Waals surface area contributed by atoms with Gasteiger partial charge in [0.2, 0.25) is 0 Å². The van der Waals surface area contributed by atoms with Gasteiger partial charge in [-0.15, -0.1) is 0 Å². The fourth-order valence-corrected chi connectivity index (χ4v) is 1.84. The van der Waals surface area contributed by atoms with Crippen LogP contribution in [0.1, 0.15) is 23.8 Å². The van der Waals surface area contributed by atoms with Crippen molar-refractivity contribution in [1.29, 1.82) is 0 Å². The number of aromatic amines is 1. The van der Waals surface area contributed by atoms with E-state index in [2.05, 4.69) is 20.9 Å². The summed E-state index contributed by atoms with van der Waals surface area (Å²) in [5.41, 5.74) is -3.59. The van der Waals surface area contributed by atoms with Gasteiger partial charge >= 0.3 is 6.18 Å². The Bertz CT molecular complexity index is 463. The van der Waals surface area contributed by atoms with Crippen LogP contribution in [-0.2, 0) is 6.18 Å². The number of nitrogens with one attached hydrogen (secondary N) is 1. The van der Waals surface area contributed by atoms with Gasteiger partial charge in [0.05, 0.1) is 18.0 Å². The molecule has 5 nitrogen and oxygen atoms in total. The monoisotopic (exact) mass is 330 g/mol. The molecule has 0 fully saturated rings. The van der Waals surface area contributed by atoms with Crippen molar-refractivity contribution in [1.82, 2.24) is 9.97 Å². The predicted molar refractivity (Wildman–Crippen MR) is 59.2 cm³/mol. The van der Waals surface area contributed by atoms with Crippen LogP contribution in [0, 0.1) is 0 Å². The van der Waals surface area contributed by atoms with E-state index in [9.17, 15) is 28.2 Å². The lowest BCUT2D eigenvalue weighted by Crippen LogP contribution is -2.30. The van der Waals surface area contributed by atoms with Crippen LogP contribution in [0.2, 0.25) is 0 Å². The molecule has 1 rings (SSSR count). The number of rotatable bonds is 4. The first-order chi connectivity index (χ1) is 8.29. The van der Waals surface area contributed by atoms with Gasteiger partial charge in [-0.1, -0.05) is 15.9 Å². The van der Waals surface area contributed by atoms with Gasteiger partial charge in [0, 0.05) is 5.33 Å². The van der Waals surface area contributed by atoms with Gasteiger partial charge in [0.25, 0.3) is 5.56 Å². The average molecular weight is 331 g/mol. The third-order valence-electron chi connectivity index (χ3n) is 2.22. The van der Waals surface area contributed by atoms with Gasteiger partial charge in [-0.2, -0.15) is 13.2 Å². The first-order valence-corrected chi connectivity index (χ1v) is 5.98. The molecule has 1 aromatic heterocycles. The van der Waals surface area contributed by atoms with Crippen LogP contribution in [-0.4, -0.2) is 31.6 Å². The highest BCUT2D eigenvalue weighted by molar-refractivity contribution is 9.09. The third kappa shape index (κ3) is 3.30. The Balaban J connectivity index is 3.26. The van der Waals surface area contributed by atoms with E-state index < -0.39 is 35.2 Å². The van der Waals surface area contributed by atoms with Gasteiger partial charge in [-0.05, 0) is 6.42 Å². The summed E-state index contributed by atoms with van der Waals surface area (Å²) in [6, 6.07) is 0. The fraction of sp³-hybridized carbons (Fsp3) is 0.556. The molecule has 0 amide bonds. The normalized spacial score (nSPS) is 15.4. The number of aliphatic hydroxyl groups is 2. The molecule has 1 heterocycles. The molecule has 18 heavy (non-hydrogen) atoms. The highest BCUT2D eigenvalue weighted by atomic mass is 79.9. The van der Waals surface area contributed by atoms with Gasteiger partial charge in [0.15, 0.2) is 5.69 Å². The van der Waals surface area contributed by atoms with Crippen LogP contribution in [0.15, 0.2) is 11.1 Å². The quantitative estimate of drug-likeness (QED) is 0.718. The molecule has 2 atom stereocenters. The number of halogens is 4. The topological polar surface area (TPSA) is 86.2 Å². The second-order valence-corrected chi connectivity index (χ2v) is 4.27. The minimum Gasteiger partial charge on any atom is -0.390 e. The Morgan fingerprint density at radius 3 is 2.56 bits per heavy atom. The Morgan fingerprint density at radius 1 is 1.44 bits per heavy atom. The second kappa shape index (κ2) is 5.81. The minimum atomic E-state index is -4.88. The van der Waals surface area contributed by atoms with Crippen molar-refractivity contribution in [3.63, 3.8) is 0 Å². The molecular weight excluding hydrogens is 321 g/mol. The summed E-state index contributed by atoms with van der Waals surface area (Å²) in [5, 5.41) is 19.3. The number of alkyl halides is 4. The second-order valence-electron chi connectivity index (χ2n) is 3.48. The largest absolute Gasteiger partial charge is 0.433 e. The van der Waals surface area contributed by atoms with E-state index in [0.29, 0.717) is 6.33 Å². The van der Waals surface area contributed by atoms with Crippen molar-refractivity contribution in [3.05, 3.63) is 27.9 Å². The van der Waals surface area contributed by atoms with Gasteiger partial charge in [-0.25, -0.2) is 4.98 Å². The van der Waals surface area contributed by atoms with E-state index in [-0.39, 0.29) is 11.8 Å². The van der Waals surface area contributed by atoms with E-state index >= 15 is 0 Å². The molecular formula is C9H10BrF3N2O3. The molecule has 0 aliphatic heterocycles. The summed E-state index contributed by atoms with van der Waals surface area (Å²) in [6.45, 7) is 0. The molecule has 0 spiro atoms. The number of aliphatic hydroxyl groups excluding tert-OH is 2. The number of hydrogen-bond acceptors (Lipinski definition) is 4. The molecule has 0 bridgehead atoms. The number of hydrogen-bond donors (Lipinski definition) is 3. The Hall–Kier alpha value is -0.930. The van der Waals surface area contributed by atoms with Gasteiger partial charge < -0.3 is 15.2 Å². The van der Waals surface area contributed by atoms with Crippen LogP contribution < -0.4 is 5.56 Å². The van der Waals surface area contributed by atoms with Crippen molar-refractivity contribution < 1.29 is 23.4 Å². The standard InChI is InChI=1S/C9H10BrF3N2O3/c10-2-1-4(16)6(17)5-7(9(11,12)13)14-3-15-8(5)18/h3-4,6,16-17H,1-2H2,(H,14,15,18). The summed E-state index contributed by atoms with van der Waals surface area (Å²) >= 11 is 2.97. The van der Waals surface area contributed by atoms with Crippen molar-refractivity contribution in [2.45, 2.75) is 24.8 Å². The molecule has 0 aliphatic carbocycles. The molecule has 0 saturated heterocycles. The first-order valence-electron chi connectivity index (χ1n) is 4.86. The van der Waals surface area contributed by atoms with E-state index in [1.54, 1.807) is 0 Å². The molecule has 0 aromatic carbocycles. The van der Waals surface area contributed by atoms with Crippen LogP contribution in [0.5, 0.6) is 0 Å². The summed E-state index contributed by atoms with van der Waals surface area (Å²) in [4.78, 5) is 16.3. The predicted octanol–water partition coefficient (Wildman–Crippen LogP) is 0.968. The third-order valence-corrected chi connectivity index (χ3v) is 2.68. The summed E-state index contributed by atoms with van der Waals surface area (Å²) < 4.78 is 37.9. The lowest BCUT2D eigenvalue weighted by atomic mass is 10.0. The van der Waals surface area contributed by atoms with Crippen LogP contribution >= 0.6 is 15.9 Å². The lowest BCUT2D eigenvalue weighted by molar-refractivity contribution is -0.143. The van der Waals surface area contributed by atoms with E-state index in [1.165, 1.54) is 0 Å². The van der Waals surface area contributed by atoms with Crippen LogP contribution in [0.3, 0.4) is 0 Å². The fourth-order valence-electron chi connectivity index (χ4n) is 1.37. The number of aromatic nitrogens is 2. The van der Waals surface area contributed by atoms with Gasteiger partial charge in [-0.3, -0.25) is 4.79 Å². The van der Waals surface area contributed by atoms with E-state index in [4.69, 9.17) is 0 Å². The van der Waals surface area contributed by atoms with Crippen molar-refractivity contribution in [2.24, 2.45) is 0 Å². The highest BCUT2D eigenvalue weighted by Gasteiger charge is 2.39. The Labute approximate surface area is 108 Å². The minimum absolute atomic E-state index is 0.00714. The van der Waals surface area contributed by atoms with Gasteiger partial charge in [0.1, 0.15) is 6.10 Å². The van der Waals surface area contributed by atoms with E-state index in [1.807, 2.05) is 4.98 Å². The van der Waals surface area contributed by atoms with Crippen molar-refractivity contribution in [3.8, 4) is 0 Å². The smallest absolute Gasteiger partial charge is 0.390 e. The van der Waals surface area contributed by atoms with Crippen LogP contribution in [0.25, 0.3) is 0 Å². The maximum Gasteiger partial charge on any atom is 0.433 e. The van der Waals surface area contributed by atoms with Crippen LogP contribution in [0.4, 0.5) is 13.2 Å². The summed E-state index contributed by atoms with van der Waals surface area (Å²) in [6.07, 6.45) is -7.73. The number of H-pyrrole nitrogens is 1.